The molecule has 0 N–H and O–H groups in total. The molecule has 0 spiro atoms. The molecule has 5 heteroatoms. The number of fused-ring (bicyclic) bond motifs is 1. The first-order valence-electron chi connectivity index (χ1n) is 5.64. The van der Waals surface area contributed by atoms with Crippen molar-refractivity contribution in [3.05, 3.63) is 52.8 Å². The minimum atomic E-state index is -0.135. The van der Waals surface area contributed by atoms with E-state index in [0.717, 1.165) is 16.9 Å². The zero-order valence-corrected chi connectivity index (χ0v) is 10.2. The lowest BCUT2D eigenvalue weighted by Crippen LogP contribution is -2.23. The molecule has 0 unspecified atom stereocenters. The molecule has 2 heterocycles. The number of imidazole rings is 1. The van der Waals surface area contributed by atoms with Crippen molar-refractivity contribution in [2.24, 2.45) is 7.05 Å². The Morgan fingerprint density at radius 2 is 2.00 bits per heavy atom. The van der Waals surface area contributed by atoms with Crippen molar-refractivity contribution < 1.29 is 0 Å². The number of para-hydroxylation sites is 2. The second kappa shape index (κ2) is 3.80. The molecule has 0 aliphatic heterocycles. The van der Waals surface area contributed by atoms with Crippen LogP contribution in [0.25, 0.3) is 16.9 Å². The highest BCUT2D eigenvalue weighted by Gasteiger charge is 2.12. The normalized spacial score (nSPS) is 11.0. The van der Waals surface area contributed by atoms with E-state index in [0.29, 0.717) is 5.82 Å². The molecule has 90 valence electrons. The third-order valence-corrected chi connectivity index (χ3v) is 2.94. The molecular formula is C13H12N4O. The van der Waals surface area contributed by atoms with Gasteiger partial charge in [-0.2, -0.15) is 0 Å². The molecule has 2 aromatic heterocycles. The maximum absolute atomic E-state index is 12.1. The van der Waals surface area contributed by atoms with Gasteiger partial charge in [0.15, 0.2) is 0 Å². The number of nitrogens with zero attached hydrogens (tertiary/aromatic N) is 4. The maximum Gasteiger partial charge on any atom is 0.294 e. The topological polar surface area (TPSA) is 52.7 Å². The Morgan fingerprint density at radius 3 is 2.83 bits per heavy atom. The van der Waals surface area contributed by atoms with Crippen LogP contribution in [0, 0.1) is 6.92 Å². The molecule has 5 nitrogen and oxygen atoms in total. The standard InChI is InChI=1S/C13H12N4O/c1-9-15-10-5-3-4-6-11(10)17(9)12-13(18)16(2)8-7-14-12/h3-8H,1-2H3. The molecule has 0 aliphatic carbocycles. The molecule has 0 aliphatic rings. The van der Waals surface area contributed by atoms with Gasteiger partial charge in [0.05, 0.1) is 11.0 Å². The fraction of sp³-hybridized carbons (Fsp3) is 0.154. The van der Waals surface area contributed by atoms with Gasteiger partial charge in [0.2, 0.25) is 5.82 Å². The van der Waals surface area contributed by atoms with Gasteiger partial charge in [0, 0.05) is 19.4 Å². The summed E-state index contributed by atoms with van der Waals surface area (Å²) in [6.45, 7) is 1.87. The van der Waals surface area contributed by atoms with Crippen molar-refractivity contribution in [1.82, 2.24) is 19.1 Å². The van der Waals surface area contributed by atoms with Crippen LogP contribution < -0.4 is 5.56 Å². The first-order valence-corrected chi connectivity index (χ1v) is 5.64. The summed E-state index contributed by atoms with van der Waals surface area (Å²) in [5.74, 6) is 1.14. The summed E-state index contributed by atoms with van der Waals surface area (Å²) in [6.07, 6.45) is 3.26. The molecule has 3 rings (SSSR count). The average Bonchev–Trinajstić information content (AvgIpc) is 2.69. The Bertz CT molecular complexity index is 785. The molecular weight excluding hydrogens is 228 g/mol. The van der Waals surface area contributed by atoms with Crippen LogP contribution in [0.1, 0.15) is 5.82 Å². The number of benzene rings is 1. The summed E-state index contributed by atoms with van der Waals surface area (Å²) in [4.78, 5) is 20.7. The number of hydrogen-bond acceptors (Lipinski definition) is 3. The van der Waals surface area contributed by atoms with Gasteiger partial charge in [-0.05, 0) is 19.1 Å². The minimum Gasteiger partial charge on any atom is -0.314 e. The Kier molecular flexibility index (Phi) is 2.26. The second-order valence-corrected chi connectivity index (χ2v) is 4.15. The zero-order valence-electron chi connectivity index (χ0n) is 10.2. The number of aromatic nitrogens is 4. The van der Waals surface area contributed by atoms with Crippen molar-refractivity contribution in [2.75, 3.05) is 0 Å². The van der Waals surface area contributed by atoms with Crippen LogP contribution >= 0.6 is 0 Å². The van der Waals surface area contributed by atoms with Crippen LogP contribution in [-0.4, -0.2) is 19.1 Å². The summed E-state index contributed by atoms with van der Waals surface area (Å²) >= 11 is 0. The summed E-state index contributed by atoms with van der Waals surface area (Å²) in [5.41, 5.74) is 1.62. The third kappa shape index (κ3) is 1.44. The molecule has 3 aromatic rings. The Balaban J connectivity index is 2.42. The predicted octanol–water partition coefficient (Wildman–Crippen LogP) is 1.43. The fourth-order valence-corrected chi connectivity index (χ4v) is 2.05. The summed E-state index contributed by atoms with van der Waals surface area (Å²) in [5, 5.41) is 0. The van der Waals surface area contributed by atoms with E-state index in [2.05, 4.69) is 9.97 Å². The highest BCUT2D eigenvalue weighted by molar-refractivity contribution is 5.77. The van der Waals surface area contributed by atoms with Crippen LogP contribution in [-0.2, 0) is 7.05 Å². The van der Waals surface area contributed by atoms with E-state index < -0.39 is 0 Å². The van der Waals surface area contributed by atoms with Gasteiger partial charge in [0.25, 0.3) is 5.56 Å². The fourth-order valence-electron chi connectivity index (χ4n) is 2.05. The quantitative estimate of drug-likeness (QED) is 0.646. The Hall–Kier alpha value is -2.43. The van der Waals surface area contributed by atoms with Crippen LogP contribution in [0.5, 0.6) is 0 Å². The van der Waals surface area contributed by atoms with E-state index in [1.54, 1.807) is 24.0 Å². The van der Waals surface area contributed by atoms with Gasteiger partial charge in [0.1, 0.15) is 5.82 Å². The Morgan fingerprint density at radius 1 is 1.22 bits per heavy atom. The van der Waals surface area contributed by atoms with Crippen molar-refractivity contribution >= 4 is 11.0 Å². The SMILES string of the molecule is Cc1nc2ccccc2n1-c1nccn(C)c1=O. The molecule has 0 amide bonds. The molecule has 1 aromatic carbocycles. The van der Waals surface area contributed by atoms with Crippen molar-refractivity contribution in [2.45, 2.75) is 6.92 Å². The molecule has 0 atom stereocenters. The lowest BCUT2D eigenvalue weighted by atomic mass is 10.3. The lowest BCUT2D eigenvalue weighted by molar-refractivity contribution is 0.805. The third-order valence-electron chi connectivity index (χ3n) is 2.94. The van der Waals surface area contributed by atoms with E-state index in [-0.39, 0.29) is 5.56 Å². The highest BCUT2D eigenvalue weighted by Crippen LogP contribution is 2.17. The lowest BCUT2D eigenvalue weighted by Gasteiger charge is -2.06. The smallest absolute Gasteiger partial charge is 0.294 e. The molecule has 18 heavy (non-hydrogen) atoms. The number of hydrogen-bond donors (Lipinski definition) is 0. The van der Waals surface area contributed by atoms with E-state index >= 15 is 0 Å². The first kappa shape index (κ1) is 10.7. The van der Waals surface area contributed by atoms with Gasteiger partial charge in [-0.1, -0.05) is 12.1 Å². The van der Waals surface area contributed by atoms with Gasteiger partial charge >= 0.3 is 0 Å². The van der Waals surface area contributed by atoms with Crippen LogP contribution in [0.2, 0.25) is 0 Å². The molecule has 0 bridgehead atoms. The highest BCUT2D eigenvalue weighted by atomic mass is 16.1. The van der Waals surface area contributed by atoms with Crippen LogP contribution in [0.15, 0.2) is 41.5 Å². The van der Waals surface area contributed by atoms with Crippen LogP contribution in [0.4, 0.5) is 0 Å². The summed E-state index contributed by atoms with van der Waals surface area (Å²) in [6, 6.07) is 7.71. The zero-order chi connectivity index (χ0) is 12.7. The average molecular weight is 240 g/mol. The van der Waals surface area contributed by atoms with Crippen molar-refractivity contribution in [3.8, 4) is 5.82 Å². The predicted molar refractivity (Wildman–Crippen MR) is 68.8 cm³/mol. The van der Waals surface area contributed by atoms with E-state index in [4.69, 9.17) is 0 Å². The van der Waals surface area contributed by atoms with E-state index in [9.17, 15) is 4.79 Å². The van der Waals surface area contributed by atoms with Gasteiger partial charge in [-0.25, -0.2) is 9.97 Å². The number of rotatable bonds is 1. The second-order valence-electron chi connectivity index (χ2n) is 4.15. The van der Waals surface area contributed by atoms with E-state index in [1.165, 1.54) is 4.57 Å². The summed E-state index contributed by atoms with van der Waals surface area (Å²) < 4.78 is 3.30. The largest absolute Gasteiger partial charge is 0.314 e. The van der Waals surface area contributed by atoms with Crippen molar-refractivity contribution in [3.63, 3.8) is 0 Å². The first-order chi connectivity index (χ1) is 8.68. The monoisotopic (exact) mass is 240 g/mol. The molecule has 0 saturated carbocycles. The van der Waals surface area contributed by atoms with Gasteiger partial charge in [-0.3, -0.25) is 9.36 Å². The summed E-state index contributed by atoms with van der Waals surface area (Å²) in [7, 11) is 1.71. The minimum absolute atomic E-state index is 0.135. The molecule has 0 saturated heterocycles. The Labute approximate surface area is 103 Å². The van der Waals surface area contributed by atoms with E-state index in [1.807, 2.05) is 31.2 Å². The van der Waals surface area contributed by atoms with Gasteiger partial charge in [-0.15, -0.1) is 0 Å². The van der Waals surface area contributed by atoms with Crippen molar-refractivity contribution in [1.29, 1.82) is 0 Å². The van der Waals surface area contributed by atoms with Crippen LogP contribution in [0.3, 0.4) is 0 Å². The molecule has 0 fully saturated rings. The molecule has 0 radical (unpaired) electrons. The maximum atomic E-state index is 12.1. The van der Waals surface area contributed by atoms with Gasteiger partial charge < -0.3 is 4.57 Å². The number of aryl methyl sites for hydroxylation is 2.